The molecule has 0 unspecified atom stereocenters. The molecule has 2 aliphatic rings. The molecule has 1 aliphatic heterocycles. The normalized spacial score (nSPS) is 20.9. The van der Waals surface area contributed by atoms with E-state index in [0.717, 1.165) is 6.42 Å². The van der Waals surface area contributed by atoms with E-state index in [9.17, 15) is 21.0 Å². The van der Waals surface area contributed by atoms with Crippen molar-refractivity contribution < 1.29 is 56.7 Å². The molecule has 210 valence electrons. The van der Waals surface area contributed by atoms with E-state index < -0.39 is 37.8 Å². The van der Waals surface area contributed by atoms with Crippen molar-refractivity contribution in [3.63, 3.8) is 0 Å². The molecule has 1 saturated heterocycles. The van der Waals surface area contributed by atoms with Crippen molar-refractivity contribution >= 4 is 27.4 Å². The van der Waals surface area contributed by atoms with Crippen LogP contribution in [0, 0.1) is 15.4 Å². The Labute approximate surface area is 236 Å². The minimum absolute atomic E-state index is 0.00327. The van der Waals surface area contributed by atoms with Gasteiger partial charge in [0, 0.05) is 0 Å². The van der Waals surface area contributed by atoms with E-state index in [1.807, 2.05) is 0 Å². The molecule has 1 aliphatic carbocycles. The number of methoxy groups -OCH3 is 2. The molecule has 1 saturated carbocycles. The monoisotopic (exact) mass is 672 g/mol. The summed E-state index contributed by atoms with van der Waals surface area (Å²) < 4.78 is 71.0. The van der Waals surface area contributed by atoms with Crippen molar-refractivity contribution in [3.05, 3.63) is 45.5 Å². The summed E-state index contributed by atoms with van der Waals surface area (Å²) in [6, 6.07) is 9.83. The average molecular weight is 672 g/mol. The van der Waals surface area contributed by atoms with Gasteiger partial charge in [-0.05, 0) is 0 Å². The van der Waals surface area contributed by atoms with Gasteiger partial charge in [0.1, 0.15) is 0 Å². The number of carbonyl (C=O) groups is 1. The predicted octanol–water partition coefficient (Wildman–Crippen LogP) is 0.599. The number of rotatable bonds is 10. The van der Waals surface area contributed by atoms with Crippen molar-refractivity contribution in [3.8, 4) is 22.8 Å². The Hall–Kier alpha value is -2.91. The molecule has 3 aromatic rings. The van der Waals surface area contributed by atoms with Gasteiger partial charge in [-0.2, -0.15) is 0 Å². The maximum atomic E-state index is 14.4. The maximum absolute atomic E-state index is 14.4. The number of amides is 1. The van der Waals surface area contributed by atoms with E-state index in [0.29, 0.717) is 33.4 Å². The van der Waals surface area contributed by atoms with Crippen molar-refractivity contribution in [1.82, 2.24) is 5.16 Å². The fraction of sp³-hybridized carbons (Fsp3) is 0.385. The summed E-state index contributed by atoms with van der Waals surface area (Å²) in [5.41, 5.74) is 1.50. The van der Waals surface area contributed by atoms with Gasteiger partial charge in [-0.25, -0.2) is 0 Å². The van der Waals surface area contributed by atoms with Crippen molar-refractivity contribution in [2.45, 2.75) is 37.3 Å². The molecule has 1 aromatic heterocycles. The number of carbonyl (C=O) groups excluding carboxylic acids is 1. The van der Waals surface area contributed by atoms with Gasteiger partial charge in [0.25, 0.3) is 0 Å². The van der Waals surface area contributed by atoms with E-state index in [-0.39, 0.29) is 52.1 Å². The van der Waals surface area contributed by atoms with Crippen LogP contribution in [0.2, 0.25) is 0 Å². The first-order chi connectivity index (χ1) is 18.7. The number of halogens is 2. The molecule has 3 atom stereocenters. The van der Waals surface area contributed by atoms with Crippen LogP contribution in [-0.4, -0.2) is 49.9 Å². The number of hydrogen-bond acceptors (Lipinski definition) is 8. The second kappa shape index (κ2) is 10.9. The Morgan fingerprint density at radius 2 is 1.92 bits per heavy atom. The van der Waals surface area contributed by atoms with Gasteiger partial charge in [-0.1, -0.05) is 0 Å². The molecule has 13 heteroatoms. The topological polar surface area (TPSA) is 131 Å². The number of alkyl halides is 1. The first-order valence-corrected chi connectivity index (χ1v) is 15.8. The van der Waals surface area contributed by atoms with E-state index in [1.54, 1.807) is 36.1 Å². The Kier molecular flexibility index (Phi) is 7.75. The number of ether oxygens (including phenoxy) is 2. The van der Waals surface area contributed by atoms with E-state index >= 15 is 0 Å². The molecule has 2 heterocycles. The van der Waals surface area contributed by atoms with Gasteiger partial charge in [0.05, 0.1) is 0 Å². The third kappa shape index (κ3) is 5.18. The van der Waals surface area contributed by atoms with Gasteiger partial charge in [0.15, 0.2) is 0 Å². The first-order valence-electron chi connectivity index (χ1n) is 12.3. The van der Waals surface area contributed by atoms with E-state index in [4.69, 9.17) is 14.0 Å². The molecular weight excluding hydrogens is 644 g/mol. The van der Waals surface area contributed by atoms with Crippen LogP contribution in [0.15, 0.2) is 45.8 Å². The van der Waals surface area contributed by atoms with E-state index in [2.05, 4.69) is 9.88 Å². The first kappa shape index (κ1) is 27.6. The van der Waals surface area contributed by atoms with E-state index in [1.165, 1.54) is 26.4 Å². The summed E-state index contributed by atoms with van der Waals surface area (Å²) >= 11 is -1.42. The second-order valence-corrected chi connectivity index (χ2v) is 12.8. The zero-order chi connectivity index (χ0) is 27.9. The number of sulfonamides is 1. The van der Waals surface area contributed by atoms with Crippen LogP contribution in [0.4, 0.5) is 15.9 Å². The number of hydrogen-bond donors (Lipinski definition) is 2. The summed E-state index contributed by atoms with van der Waals surface area (Å²) in [6.07, 6.45) is 0.322. The number of nitrogens with zero attached hydrogens (tertiary/aromatic N) is 2. The summed E-state index contributed by atoms with van der Waals surface area (Å²) in [5, 5.41) is 4.04. The molecule has 5 rings (SSSR count). The Balaban J connectivity index is 1.60. The molecular formula is C26H28FIN3O7S-. The van der Waals surface area contributed by atoms with Crippen molar-refractivity contribution in [2.75, 3.05) is 30.4 Å². The molecule has 2 N–H and O–H groups in total. The third-order valence-electron chi connectivity index (χ3n) is 7.23. The van der Waals surface area contributed by atoms with Crippen molar-refractivity contribution in [2.24, 2.45) is 11.8 Å². The standard InChI is InChI=1S/C26H28FIN3O7S/c1-14-16(23(14)27)13-18-24(17-12-15(9-10-19(17)28-33)31-11-5-8-22(31)32)38-29-26(18)30-39(34,35)25-20(36-2)6-4-7-21(25)37-3/h4,6-7,9-10,12,14,16,23,33H,5,8,11,13H2,1-3H3,(H,29,30)/q-1/t14-,16+,23+/m1/s1. The summed E-state index contributed by atoms with van der Waals surface area (Å²) in [5.74, 6) is -0.273. The van der Waals surface area contributed by atoms with Gasteiger partial charge in [0.2, 0.25) is 0 Å². The Morgan fingerprint density at radius 3 is 2.49 bits per heavy atom. The van der Waals surface area contributed by atoms with Crippen LogP contribution in [0.5, 0.6) is 11.5 Å². The van der Waals surface area contributed by atoms with Crippen LogP contribution in [0.1, 0.15) is 25.3 Å². The average Bonchev–Trinajstić information content (AvgIpc) is 3.25. The number of benzene rings is 2. The van der Waals surface area contributed by atoms with Crippen LogP contribution in [-0.2, 0) is 21.2 Å². The minimum atomic E-state index is -4.29. The summed E-state index contributed by atoms with van der Waals surface area (Å²) in [6.45, 7) is 2.36. The molecule has 10 nitrogen and oxygen atoms in total. The number of aromatic nitrogens is 1. The second-order valence-electron chi connectivity index (χ2n) is 9.51. The molecule has 39 heavy (non-hydrogen) atoms. The van der Waals surface area contributed by atoms with Gasteiger partial charge >= 0.3 is 237 Å². The molecule has 0 spiro atoms. The Morgan fingerprint density at radius 1 is 1.23 bits per heavy atom. The molecule has 0 radical (unpaired) electrons. The zero-order valence-corrected chi connectivity index (χ0v) is 24.5. The predicted molar refractivity (Wildman–Crippen MR) is 136 cm³/mol. The SMILES string of the molecule is COc1cccc(OC)c1S(=O)(=O)Nc1noc(-c2cc(N3CCCC3=O)ccc2[I-]O)c1C[C@H]1[C@@H](C)[C@@H]1F. The Bertz CT molecular complexity index is 1480. The van der Waals surface area contributed by atoms with Gasteiger partial charge < -0.3 is 0 Å². The fourth-order valence-corrected chi connectivity index (χ4v) is 7.28. The number of anilines is 2. The molecule has 2 fully saturated rings. The molecule has 2 aromatic carbocycles. The molecule has 0 bridgehead atoms. The van der Waals surface area contributed by atoms with Gasteiger partial charge in [-0.3, -0.25) is 0 Å². The van der Waals surface area contributed by atoms with Crippen LogP contribution in [0.25, 0.3) is 11.3 Å². The van der Waals surface area contributed by atoms with Gasteiger partial charge in [-0.15, -0.1) is 0 Å². The van der Waals surface area contributed by atoms with Crippen LogP contribution >= 0.6 is 0 Å². The molecule has 1 amide bonds. The third-order valence-corrected chi connectivity index (χ3v) is 10.1. The fourth-order valence-electron chi connectivity index (χ4n) is 4.93. The van der Waals surface area contributed by atoms with Crippen LogP contribution in [0.3, 0.4) is 0 Å². The number of nitrogens with one attached hydrogen (secondary N) is 1. The van der Waals surface area contributed by atoms with Crippen molar-refractivity contribution in [1.29, 1.82) is 0 Å². The zero-order valence-electron chi connectivity index (χ0n) is 21.5. The summed E-state index contributed by atoms with van der Waals surface area (Å²) in [7, 11) is -1.59. The summed E-state index contributed by atoms with van der Waals surface area (Å²) in [4.78, 5) is 13.8. The van der Waals surface area contributed by atoms with Crippen LogP contribution < -0.4 is 40.7 Å². The quantitative estimate of drug-likeness (QED) is 0.300.